The van der Waals surface area contributed by atoms with Gasteiger partial charge in [-0.25, -0.2) is 0 Å². The van der Waals surface area contributed by atoms with Crippen molar-refractivity contribution in [2.24, 2.45) is 0 Å². The van der Waals surface area contributed by atoms with Gasteiger partial charge in [-0.1, -0.05) is 69.7 Å². The van der Waals surface area contributed by atoms with E-state index in [-0.39, 0.29) is 12.0 Å². The molecular weight excluding hydrogens is 544 g/mol. The van der Waals surface area contributed by atoms with E-state index >= 15 is 0 Å². The molecule has 4 rings (SSSR count). The Labute approximate surface area is 220 Å². The van der Waals surface area contributed by atoms with Crippen LogP contribution >= 0.6 is 27.3 Å². The van der Waals surface area contributed by atoms with Gasteiger partial charge in [-0.15, -0.1) is 10.2 Å². The number of carbonyl (C=O) groups excluding carboxylic acids is 2. The molecule has 8 nitrogen and oxygen atoms in total. The summed E-state index contributed by atoms with van der Waals surface area (Å²) >= 11 is 4.67. The van der Waals surface area contributed by atoms with Crippen LogP contribution in [-0.4, -0.2) is 42.3 Å². The second kappa shape index (κ2) is 11.8. The predicted octanol–water partition coefficient (Wildman–Crippen LogP) is 4.96. The lowest BCUT2D eigenvalue weighted by Crippen LogP contribution is -2.45. The molecule has 2 amide bonds. The molecule has 0 saturated heterocycles. The lowest BCUT2D eigenvalue weighted by molar-refractivity contribution is -0.118. The van der Waals surface area contributed by atoms with E-state index in [2.05, 4.69) is 36.8 Å². The van der Waals surface area contributed by atoms with Gasteiger partial charge in [-0.2, -0.15) is 0 Å². The normalized spacial score (nSPS) is 11.4. The van der Waals surface area contributed by atoms with Crippen molar-refractivity contribution in [3.05, 3.63) is 88.4 Å². The van der Waals surface area contributed by atoms with Gasteiger partial charge < -0.3 is 14.8 Å². The Hall–Kier alpha value is -3.76. The third kappa shape index (κ3) is 6.27. The Morgan fingerprint density at radius 2 is 1.72 bits per heavy atom. The van der Waals surface area contributed by atoms with Crippen LogP contribution in [0.1, 0.15) is 15.9 Å². The summed E-state index contributed by atoms with van der Waals surface area (Å²) in [5.74, 6) is 0.0467. The highest BCUT2D eigenvalue weighted by Gasteiger charge is 2.25. The van der Waals surface area contributed by atoms with E-state index in [0.717, 1.165) is 15.6 Å². The van der Waals surface area contributed by atoms with Gasteiger partial charge in [0.25, 0.3) is 5.91 Å². The number of anilines is 1. The second-order valence-corrected chi connectivity index (χ2v) is 9.58. The molecule has 1 atom stereocenters. The molecule has 3 aromatic carbocycles. The minimum absolute atomic E-state index is 0.287. The zero-order valence-corrected chi connectivity index (χ0v) is 21.9. The first kappa shape index (κ1) is 25.3. The molecule has 184 valence electrons. The van der Waals surface area contributed by atoms with Crippen molar-refractivity contribution in [2.45, 2.75) is 12.5 Å². The summed E-state index contributed by atoms with van der Waals surface area (Å²) in [5.41, 5.74) is 2.07. The summed E-state index contributed by atoms with van der Waals surface area (Å²) in [6.45, 7) is 0. The van der Waals surface area contributed by atoms with Crippen molar-refractivity contribution in [3.8, 4) is 22.1 Å². The van der Waals surface area contributed by atoms with Crippen molar-refractivity contribution in [1.82, 2.24) is 15.5 Å². The van der Waals surface area contributed by atoms with Crippen molar-refractivity contribution in [2.75, 3.05) is 19.5 Å². The van der Waals surface area contributed by atoms with Crippen LogP contribution < -0.4 is 20.1 Å². The Kier molecular flexibility index (Phi) is 8.29. The number of halogens is 1. The van der Waals surface area contributed by atoms with E-state index in [9.17, 15) is 9.59 Å². The number of amides is 2. The summed E-state index contributed by atoms with van der Waals surface area (Å²) in [4.78, 5) is 26.4. The van der Waals surface area contributed by atoms with Gasteiger partial charge in [0.15, 0.2) is 0 Å². The van der Waals surface area contributed by atoms with E-state index in [1.54, 1.807) is 18.2 Å². The van der Waals surface area contributed by atoms with Crippen molar-refractivity contribution in [1.29, 1.82) is 0 Å². The van der Waals surface area contributed by atoms with Crippen molar-refractivity contribution >= 4 is 44.2 Å². The minimum atomic E-state index is -0.869. The smallest absolute Gasteiger partial charge is 0.255 e. The molecule has 0 saturated carbocycles. The maximum atomic E-state index is 13.3. The fourth-order valence-corrected chi connectivity index (χ4v) is 4.47. The number of methoxy groups -OCH3 is 2. The molecule has 0 aliphatic heterocycles. The Balaban J connectivity index is 1.54. The minimum Gasteiger partial charge on any atom is -0.497 e. The highest BCUT2D eigenvalue weighted by atomic mass is 79.9. The number of benzene rings is 3. The summed E-state index contributed by atoms with van der Waals surface area (Å²) < 4.78 is 11.5. The largest absolute Gasteiger partial charge is 0.497 e. The first-order valence-corrected chi connectivity index (χ1v) is 12.5. The summed E-state index contributed by atoms with van der Waals surface area (Å²) in [6.07, 6.45) is 0.287. The topological polar surface area (TPSA) is 102 Å². The zero-order valence-electron chi connectivity index (χ0n) is 19.5. The van der Waals surface area contributed by atoms with Crippen LogP contribution in [-0.2, 0) is 11.2 Å². The number of rotatable bonds is 9. The quantitative estimate of drug-likeness (QED) is 0.296. The van der Waals surface area contributed by atoms with Crippen LogP contribution in [0.25, 0.3) is 10.6 Å². The van der Waals surface area contributed by atoms with Gasteiger partial charge in [0.05, 0.1) is 19.8 Å². The molecule has 0 bridgehead atoms. The monoisotopic (exact) mass is 566 g/mol. The SMILES string of the molecule is COc1ccc(C(=O)N[C@H](Cc2ccccc2)C(=O)Nc2nnc(-c3ccc(Br)cc3)s2)c(OC)c1. The Bertz CT molecular complexity index is 1350. The van der Waals surface area contributed by atoms with E-state index in [1.807, 2.05) is 54.6 Å². The molecule has 0 unspecified atom stereocenters. The fraction of sp³-hybridized carbons (Fsp3) is 0.154. The maximum Gasteiger partial charge on any atom is 0.255 e. The highest BCUT2D eigenvalue weighted by molar-refractivity contribution is 9.10. The number of carbonyl (C=O) groups is 2. The molecule has 2 N–H and O–H groups in total. The molecule has 0 fully saturated rings. The third-order valence-electron chi connectivity index (χ3n) is 5.30. The van der Waals surface area contributed by atoms with Crippen LogP contribution in [0.3, 0.4) is 0 Å². The van der Waals surface area contributed by atoms with Crippen LogP contribution in [0.4, 0.5) is 5.13 Å². The number of aromatic nitrogens is 2. The standard InChI is InChI=1S/C26H23BrN4O4S/c1-34-19-12-13-20(22(15-19)35-2)23(32)28-21(14-16-6-4-3-5-7-16)24(33)29-26-31-30-25(36-26)17-8-10-18(27)11-9-17/h3-13,15,21H,14H2,1-2H3,(H,28,32)(H,29,31,33)/t21-/m1/s1. The molecule has 0 aliphatic carbocycles. The Morgan fingerprint density at radius 3 is 2.42 bits per heavy atom. The van der Waals surface area contributed by atoms with Crippen LogP contribution in [0, 0.1) is 0 Å². The molecule has 36 heavy (non-hydrogen) atoms. The average molecular weight is 567 g/mol. The molecule has 0 aliphatic rings. The van der Waals surface area contributed by atoms with Crippen molar-refractivity contribution < 1.29 is 19.1 Å². The molecule has 4 aromatic rings. The summed E-state index contributed by atoms with van der Waals surface area (Å²) in [5, 5.41) is 14.9. The molecule has 0 spiro atoms. The van der Waals surface area contributed by atoms with Crippen LogP contribution in [0.5, 0.6) is 11.5 Å². The Morgan fingerprint density at radius 1 is 0.972 bits per heavy atom. The lowest BCUT2D eigenvalue weighted by atomic mass is 10.0. The molecular formula is C26H23BrN4O4S. The van der Waals surface area contributed by atoms with E-state index in [1.165, 1.54) is 25.6 Å². The van der Waals surface area contributed by atoms with Gasteiger partial charge in [0, 0.05) is 22.5 Å². The van der Waals surface area contributed by atoms with Gasteiger partial charge >= 0.3 is 0 Å². The maximum absolute atomic E-state index is 13.3. The second-order valence-electron chi connectivity index (χ2n) is 7.69. The van der Waals surface area contributed by atoms with Crippen LogP contribution in [0.15, 0.2) is 77.3 Å². The average Bonchev–Trinajstić information content (AvgIpc) is 3.37. The molecule has 1 aromatic heterocycles. The molecule has 0 radical (unpaired) electrons. The summed E-state index contributed by atoms with van der Waals surface area (Å²) in [7, 11) is 3.00. The highest BCUT2D eigenvalue weighted by Crippen LogP contribution is 2.28. The number of nitrogens with zero attached hydrogens (tertiary/aromatic N) is 2. The van der Waals surface area contributed by atoms with Crippen molar-refractivity contribution in [3.63, 3.8) is 0 Å². The number of nitrogens with one attached hydrogen (secondary N) is 2. The van der Waals surface area contributed by atoms with Gasteiger partial charge in [0.2, 0.25) is 11.0 Å². The fourth-order valence-electron chi connectivity index (χ4n) is 3.46. The first-order valence-electron chi connectivity index (χ1n) is 10.9. The van der Waals surface area contributed by atoms with E-state index in [4.69, 9.17) is 9.47 Å². The van der Waals surface area contributed by atoms with E-state index in [0.29, 0.717) is 21.6 Å². The van der Waals surface area contributed by atoms with Gasteiger partial charge in [-0.05, 0) is 29.8 Å². The lowest BCUT2D eigenvalue weighted by Gasteiger charge is -2.19. The van der Waals surface area contributed by atoms with Gasteiger partial charge in [-0.3, -0.25) is 14.9 Å². The molecule has 10 heteroatoms. The number of ether oxygens (including phenoxy) is 2. The third-order valence-corrected chi connectivity index (χ3v) is 6.72. The van der Waals surface area contributed by atoms with Gasteiger partial charge in [0.1, 0.15) is 22.5 Å². The van der Waals surface area contributed by atoms with E-state index < -0.39 is 17.9 Å². The number of hydrogen-bond acceptors (Lipinski definition) is 7. The first-order chi connectivity index (χ1) is 17.5. The predicted molar refractivity (Wildman–Crippen MR) is 143 cm³/mol. The zero-order chi connectivity index (χ0) is 25.5. The van der Waals surface area contributed by atoms with Crippen LogP contribution in [0.2, 0.25) is 0 Å². The summed E-state index contributed by atoms with van der Waals surface area (Å²) in [6, 6.07) is 21.1. The number of hydrogen-bond donors (Lipinski definition) is 2. The molecule has 1 heterocycles.